The summed E-state index contributed by atoms with van der Waals surface area (Å²) < 4.78 is 6.09. The summed E-state index contributed by atoms with van der Waals surface area (Å²) >= 11 is 0. The molecule has 1 fully saturated rings. The summed E-state index contributed by atoms with van der Waals surface area (Å²) in [5.41, 5.74) is 1.38. The quantitative estimate of drug-likeness (QED) is 0.845. The van der Waals surface area contributed by atoms with Gasteiger partial charge in [0, 0.05) is 6.04 Å². The average Bonchev–Trinajstić information content (AvgIpc) is 2.40. The van der Waals surface area contributed by atoms with Gasteiger partial charge in [-0.15, -0.1) is 0 Å². The highest BCUT2D eigenvalue weighted by molar-refractivity contribution is 5.35. The first-order valence-corrected chi connectivity index (χ1v) is 6.90. The van der Waals surface area contributed by atoms with Crippen molar-refractivity contribution in [3.05, 3.63) is 29.8 Å². The zero-order chi connectivity index (χ0) is 11.5. The first-order chi connectivity index (χ1) is 8.42. The number of nitrogens with one attached hydrogen (secondary N) is 1. The first-order valence-electron chi connectivity index (χ1n) is 6.90. The highest BCUT2D eigenvalue weighted by Gasteiger charge is 2.23. The molecule has 0 aliphatic carbocycles. The summed E-state index contributed by atoms with van der Waals surface area (Å²) in [6, 6.07) is 9.14. The van der Waals surface area contributed by atoms with E-state index in [2.05, 4.69) is 29.6 Å². The van der Waals surface area contributed by atoms with Crippen LogP contribution in [0.4, 0.5) is 0 Å². The fourth-order valence-corrected chi connectivity index (χ4v) is 2.99. The predicted molar refractivity (Wildman–Crippen MR) is 69.4 cm³/mol. The van der Waals surface area contributed by atoms with Crippen molar-refractivity contribution in [1.82, 2.24) is 5.32 Å². The summed E-state index contributed by atoms with van der Waals surface area (Å²) in [6.07, 6.45) is 7.98. The average molecular weight is 231 g/mol. The Morgan fingerprint density at radius 2 is 2.12 bits per heavy atom. The van der Waals surface area contributed by atoms with Gasteiger partial charge < -0.3 is 10.1 Å². The molecule has 2 aliphatic heterocycles. The van der Waals surface area contributed by atoms with Crippen LogP contribution in [-0.2, 0) is 6.42 Å². The SMILES string of the molecule is c1ccc2c(c1)CCC(CC1CCCCN1)O2. The standard InChI is InChI=1S/C15H21NO/c1-2-7-15-12(5-1)8-9-14(17-15)11-13-6-3-4-10-16-13/h1-2,5,7,13-14,16H,3-4,6,8-11H2. The molecule has 0 bridgehead atoms. The van der Waals surface area contributed by atoms with E-state index in [0.29, 0.717) is 12.1 Å². The highest BCUT2D eigenvalue weighted by Crippen LogP contribution is 2.29. The number of para-hydroxylation sites is 1. The third-order valence-electron chi connectivity index (χ3n) is 3.96. The second kappa shape index (κ2) is 5.09. The van der Waals surface area contributed by atoms with Crippen molar-refractivity contribution >= 4 is 0 Å². The molecule has 1 aromatic rings. The van der Waals surface area contributed by atoms with Crippen LogP contribution in [0.3, 0.4) is 0 Å². The van der Waals surface area contributed by atoms with Gasteiger partial charge in [-0.05, 0) is 50.3 Å². The van der Waals surface area contributed by atoms with Crippen molar-refractivity contribution in [2.75, 3.05) is 6.54 Å². The zero-order valence-electron chi connectivity index (χ0n) is 10.3. The summed E-state index contributed by atoms with van der Waals surface area (Å²) in [6.45, 7) is 1.19. The molecule has 2 heteroatoms. The fourth-order valence-electron chi connectivity index (χ4n) is 2.99. The maximum atomic E-state index is 6.09. The molecule has 1 aromatic carbocycles. The first kappa shape index (κ1) is 11.1. The molecule has 2 heterocycles. The number of hydrogen-bond donors (Lipinski definition) is 1. The molecule has 0 radical (unpaired) electrons. The van der Waals surface area contributed by atoms with Crippen LogP contribution in [0.1, 0.15) is 37.7 Å². The summed E-state index contributed by atoms with van der Waals surface area (Å²) in [5.74, 6) is 1.11. The lowest BCUT2D eigenvalue weighted by Crippen LogP contribution is -2.39. The van der Waals surface area contributed by atoms with Crippen LogP contribution in [0, 0.1) is 0 Å². The Morgan fingerprint density at radius 1 is 1.18 bits per heavy atom. The largest absolute Gasteiger partial charge is 0.490 e. The minimum Gasteiger partial charge on any atom is -0.490 e. The van der Waals surface area contributed by atoms with Crippen molar-refractivity contribution in [1.29, 1.82) is 0 Å². The molecule has 0 saturated carbocycles. The van der Waals surface area contributed by atoms with E-state index >= 15 is 0 Å². The van der Waals surface area contributed by atoms with E-state index < -0.39 is 0 Å². The number of rotatable bonds is 2. The van der Waals surface area contributed by atoms with Gasteiger partial charge in [0.2, 0.25) is 0 Å². The number of hydrogen-bond acceptors (Lipinski definition) is 2. The molecule has 0 amide bonds. The van der Waals surface area contributed by atoms with Crippen LogP contribution in [0.2, 0.25) is 0 Å². The molecule has 0 aromatic heterocycles. The van der Waals surface area contributed by atoms with E-state index in [9.17, 15) is 0 Å². The minimum absolute atomic E-state index is 0.417. The predicted octanol–water partition coefficient (Wildman–Crippen LogP) is 2.91. The van der Waals surface area contributed by atoms with Gasteiger partial charge in [0.15, 0.2) is 0 Å². The van der Waals surface area contributed by atoms with E-state index in [0.717, 1.165) is 5.75 Å². The molecular weight excluding hydrogens is 210 g/mol. The van der Waals surface area contributed by atoms with E-state index in [1.807, 2.05) is 0 Å². The summed E-state index contributed by atoms with van der Waals surface area (Å²) in [4.78, 5) is 0. The topological polar surface area (TPSA) is 21.3 Å². The molecule has 1 N–H and O–H groups in total. The lowest BCUT2D eigenvalue weighted by atomic mass is 9.94. The van der Waals surface area contributed by atoms with Crippen molar-refractivity contribution < 1.29 is 4.74 Å². The van der Waals surface area contributed by atoms with E-state index in [1.165, 1.54) is 50.6 Å². The number of piperidine rings is 1. The lowest BCUT2D eigenvalue weighted by molar-refractivity contribution is 0.143. The Bertz CT molecular complexity index is 371. The van der Waals surface area contributed by atoms with Gasteiger partial charge in [0.25, 0.3) is 0 Å². The molecule has 2 nitrogen and oxygen atoms in total. The Kier molecular flexibility index (Phi) is 3.32. The smallest absolute Gasteiger partial charge is 0.122 e. The molecule has 1 saturated heterocycles. The second-order valence-corrected chi connectivity index (χ2v) is 5.27. The molecule has 92 valence electrons. The van der Waals surface area contributed by atoms with Crippen molar-refractivity contribution in [2.45, 2.75) is 50.7 Å². The molecule has 17 heavy (non-hydrogen) atoms. The summed E-state index contributed by atoms with van der Waals surface area (Å²) in [5, 5.41) is 3.61. The number of fused-ring (bicyclic) bond motifs is 1. The van der Waals surface area contributed by atoms with E-state index in [4.69, 9.17) is 4.74 Å². The summed E-state index contributed by atoms with van der Waals surface area (Å²) in [7, 11) is 0. The van der Waals surface area contributed by atoms with Crippen LogP contribution >= 0.6 is 0 Å². The lowest BCUT2D eigenvalue weighted by Gasteiger charge is -2.31. The van der Waals surface area contributed by atoms with Crippen LogP contribution in [0.25, 0.3) is 0 Å². The molecular formula is C15H21NO. The minimum atomic E-state index is 0.417. The van der Waals surface area contributed by atoms with Crippen LogP contribution < -0.4 is 10.1 Å². The fraction of sp³-hybridized carbons (Fsp3) is 0.600. The van der Waals surface area contributed by atoms with Crippen LogP contribution in [0.5, 0.6) is 5.75 Å². The Balaban J connectivity index is 1.60. The number of aryl methyl sites for hydroxylation is 1. The van der Waals surface area contributed by atoms with Crippen molar-refractivity contribution in [3.8, 4) is 5.75 Å². The third-order valence-corrected chi connectivity index (χ3v) is 3.96. The Morgan fingerprint density at radius 3 is 3.00 bits per heavy atom. The molecule has 2 unspecified atom stereocenters. The Labute approximate surface area is 103 Å². The van der Waals surface area contributed by atoms with Gasteiger partial charge in [-0.2, -0.15) is 0 Å². The monoisotopic (exact) mass is 231 g/mol. The number of benzene rings is 1. The van der Waals surface area contributed by atoms with Gasteiger partial charge in [0.1, 0.15) is 11.9 Å². The maximum Gasteiger partial charge on any atom is 0.122 e. The molecule has 2 atom stereocenters. The third kappa shape index (κ3) is 2.63. The van der Waals surface area contributed by atoms with Gasteiger partial charge in [-0.3, -0.25) is 0 Å². The van der Waals surface area contributed by atoms with Crippen LogP contribution in [0.15, 0.2) is 24.3 Å². The maximum absolute atomic E-state index is 6.09. The van der Waals surface area contributed by atoms with E-state index in [-0.39, 0.29) is 0 Å². The van der Waals surface area contributed by atoms with Crippen molar-refractivity contribution in [3.63, 3.8) is 0 Å². The second-order valence-electron chi connectivity index (χ2n) is 5.27. The van der Waals surface area contributed by atoms with Gasteiger partial charge in [-0.25, -0.2) is 0 Å². The molecule has 0 spiro atoms. The Hall–Kier alpha value is -1.02. The van der Waals surface area contributed by atoms with Gasteiger partial charge >= 0.3 is 0 Å². The number of ether oxygens (including phenoxy) is 1. The zero-order valence-corrected chi connectivity index (χ0v) is 10.3. The van der Waals surface area contributed by atoms with Crippen molar-refractivity contribution in [2.24, 2.45) is 0 Å². The van der Waals surface area contributed by atoms with Crippen LogP contribution in [-0.4, -0.2) is 18.7 Å². The van der Waals surface area contributed by atoms with Gasteiger partial charge in [0.05, 0.1) is 0 Å². The molecule has 2 aliphatic rings. The highest BCUT2D eigenvalue weighted by atomic mass is 16.5. The molecule has 3 rings (SSSR count). The van der Waals surface area contributed by atoms with E-state index in [1.54, 1.807) is 0 Å². The van der Waals surface area contributed by atoms with Gasteiger partial charge in [-0.1, -0.05) is 24.6 Å². The normalized spacial score (nSPS) is 28.2.